The van der Waals surface area contributed by atoms with Crippen molar-refractivity contribution < 1.29 is 14.3 Å². The summed E-state index contributed by atoms with van der Waals surface area (Å²) >= 11 is 12.4. The minimum absolute atomic E-state index is 0.0332. The zero-order valence-corrected chi connectivity index (χ0v) is 15.2. The Morgan fingerprint density at radius 3 is 2.50 bits per heavy atom. The average molecular weight is 372 g/mol. The normalized spacial score (nSPS) is 15.8. The van der Waals surface area contributed by atoms with Gasteiger partial charge in [0.2, 0.25) is 11.9 Å². The second kappa shape index (κ2) is 7.85. The van der Waals surface area contributed by atoms with Crippen LogP contribution in [-0.2, 0) is 9.53 Å². The molecule has 1 amide bonds. The van der Waals surface area contributed by atoms with Gasteiger partial charge in [0.15, 0.2) is 0 Å². The molecule has 2 rings (SSSR count). The van der Waals surface area contributed by atoms with Gasteiger partial charge in [0.1, 0.15) is 5.69 Å². The maximum atomic E-state index is 12.2. The SMILES string of the molecule is CCOC(=O)c1cc(Cl)c(N=C2NCCN2C(=O)C(C)C)c(Cl)c1. The lowest BCUT2D eigenvalue weighted by Gasteiger charge is -2.18. The van der Waals surface area contributed by atoms with E-state index in [1.807, 2.05) is 13.8 Å². The summed E-state index contributed by atoms with van der Waals surface area (Å²) in [6.07, 6.45) is 0. The molecule has 1 aliphatic heterocycles. The standard InChI is InChI=1S/C16H19Cl2N3O3/c1-4-24-15(23)10-7-11(17)13(12(18)8-10)20-16-19-5-6-21(16)14(22)9(2)3/h7-9H,4-6H2,1-3H3,(H,19,20). The first kappa shape index (κ1) is 18.5. The third-order valence-electron chi connectivity index (χ3n) is 3.38. The van der Waals surface area contributed by atoms with Crippen LogP contribution in [-0.4, -0.2) is 42.4 Å². The topological polar surface area (TPSA) is 71.0 Å². The molecule has 6 nitrogen and oxygen atoms in total. The van der Waals surface area contributed by atoms with Crippen LogP contribution in [0.3, 0.4) is 0 Å². The Morgan fingerprint density at radius 1 is 1.33 bits per heavy atom. The van der Waals surface area contributed by atoms with Crippen molar-refractivity contribution in [2.75, 3.05) is 19.7 Å². The Bertz CT molecular complexity index is 666. The second-order valence-electron chi connectivity index (χ2n) is 5.52. The summed E-state index contributed by atoms with van der Waals surface area (Å²) in [5.74, 6) is -0.279. The number of esters is 1. The Balaban J connectivity index is 2.35. The maximum absolute atomic E-state index is 12.2. The molecule has 0 spiro atoms. The fourth-order valence-corrected chi connectivity index (χ4v) is 2.79. The summed E-state index contributed by atoms with van der Waals surface area (Å²) in [7, 11) is 0. The number of benzene rings is 1. The van der Waals surface area contributed by atoms with Gasteiger partial charge in [0, 0.05) is 19.0 Å². The minimum atomic E-state index is -0.504. The summed E-state index contributed by atoms with van der Waals surface area (Å²) in [5, 5.41) is 3.47. The van der Waals surface area contributed by atoms with Crippen LogP contribution in [0.15, 0.2) is 17.1 Å². The summed E-state index contributed by atoms with van der Waals surface area (Å²) in [6, 6.07) is 2.91. The monoisotopic (exact) mass is 371 g/mol. The van der Waals surface area contributed by atoms with Crippen molar-refractivity contribution in [1.82, 2.24) is 10.2 Å². The fraction of sp³-hybridized carbons (Fsp3) is 0.438. The van der Waals surface area contributed by atoms with E-state index in [1.165, 1.54) is 12.1 Å². The highest BCUT2D eigenvalue weighted by Gasteiger charge is 2.27. The number of guanidine groups is 1. The highest BCUT2D eigenvalue weighted by atomic mass is 35.5. The molecule has 1 aliphatic rings. The van der Waals surface area contributed by atoms with Gasteiger partial charge in [-0.25, -0.2) is 9.79 Å². The van der Waals surface area contributed by atoms with Crippen LogP contribution in [0.5, 0.6) is 0 Å². The number of hydrogen-bond donors (Lipinski definition) is 1. The summed E-state index contributed by atoms with van der Waals surface area (Å²) in [4.78, 5) is 29.9. The quantitative estimate of drug-likeness (QED) is 0.824. The summed E-state index contributed by atoms with van der Waals surface area (Å²) in [6.45, 7) is 6.76. The van der Waals surface area contributed by atoms with Crippen molar-refractivity contribution in [3.05, 3.63) is 27.7 Å². The van der Waals surface area contributed by atoms with Crippen molar-refractivity contribution in [3.63, 3.8) is 0 Å². The van der Waals surface area contributed by atoms with E-state index in [1.54, 1.807) is 11.8 Å². The van der Waals surface area contributed by atoms with E-state index in [0.29, 0.717) is 24.7 Å². The molecule has 130 valence electrons. The molecule has 0 aromatic heterocycles. The van der Waals surface area contributed by atoms with Crippen LogP contribution < -0.4 is 5.32 Å². The lowest BCUT2D eigenvalue weighted by Crippen LogP contribution is -2.38. The van der Waals surface area contributed by atoms with Gasteiger partial charge in [-0.15, -0.1) is 0 Å². The smallest absolute Gasteiger partial charge is 0.338 e. The highest BCUT2D eigenvalue weighted by molar-refractivity contribution is 6.39. The number of ether oxygens (including phenoxy) is 1. The Labute approximate surface area is 150 Å². The molecule has 1 N–H and O–H groups in total. The highest BCUT2D eigenvalue weighted by Crippen LogP contribution is 2.35. The molecular formula is C16H19Cl2N3O3. The lowest BCUT2D eigenvalue weighted by molar-refractivity contribution is -0.130. The molecule has 0 atom stereocenters. The summed E-state index contributed by atoms with van der Waals surface area (Å²) in [5.41, 5.74) is 0.558. The third kappa shape index (κ3) is 3.99. The van der Waals surface area contributed by atoms with Crippen LogP contribution in [0.25, 0.3) is 0 Å². The van der Waals surface area contributed by atoms with Crippen molar-refractivity contribution in [1.29, 1.82) is 0 Å². The molecule has 1 heterocycles. The van der Waals surface area contributed by atoms with Gasteiger partial charge in [-0.1, -0.05) is 37.0 Å². The molecular weight excluding hydrogens is 353 g/mol. The minimum Gasteiger partial charge on any atom is -0.462 e. The molecule has 1 aromatic carbocycles. The first-order chi connectivity index (χ1) is 11.3. The van der Waals surface area contributed by atoms with Crippen LogP contribution in [0, 0.1) is 5.92 Å². The number of aliphatic imine (C=N–C) groups is 1. The number of nitrogens with zero attached hydrogens (tertiary/aromatic N) is 2. The van der Waals surface area contributed by atoms with Crippen LogP contribution >= 0.6 is 23.2 Å². The van der Waals surface area contributed by atoms with E-state index in [-0.39, 0.29) is 34.0 Å². The van der Waals surface area contributed by atoms with Crippen LogP contribution in [0.2, 0.25) is 10.0 Å². The van der Waals surface area contributed by atoms with E-state index in [0.717, 1.165) is 0 Å². The zero-order valence-electron chi connectivity index (χ0n) is 13.7. The first-order valence-corrected chi connectivity index (χ1v) is 8.40. The molecule has 0 saturated carbocycles. The van der Waals surface area contributed by atoms with E-state index >= 15 is 0 Å². The van der Waals surface area contributed by atoms with Crippen molar-refractivity contribution in [2.45, 2.75) is 20.8 Å². The number of hydrogen-bond acceptors (Lipinski definition) is 4. The second-order valence-corrected chi connectivity index (χ2v) is 6.33. The van der Waals surface area contributed by atoms with Gasteiger partial charge in [-0.05, 0) is 19.1 Å². The van der Waals surface area contributed by atoms with Gasteiger partial charge in [0.05, 0.1) is 22.2 Å². The number of amides is 1. The van der Waals surface area contributed by atoms with Crippen molar-refractivity contribution >= 4 is 46.7 Å². The van der Waals surface area contributed by atoms with E-state index < -0.39 is 5.97 Å². The Morgan fingerprint density at radius 2 is 1.96 bits per heavy atom. The number of rotatable bonds is 4. The Kier molecular flexibility index (Phi) is 6.07. The fourth-order valence-electron chi connectivity index (χ4n) is 2.22. The molecule has 1 fully saturated rings. The number of carbonyl (C=O) groups excluding carboxylic acids is 2. The Hall–Kier alpha value is -1.79. The third-order valence-corrected chi connectivity index (χ3v) is 3.96. The number of nitrogens with one attached hydrogen (secondary N) is 1. The predicted octanol–water partition coefficient (Wildman–Crippen LogP) is 3.25. The molecule has 1 saturated heterocycles. The largest absolute Gasteiger partial charge is 0.462 e. The molecule has 1 aromatic rings. The van der Waals surface area contributed by atoms with Crippen LogP contribution in [0.1, 0.15) is 31.1 Å². The van der Waals surface area contributed by atoms with Crippen LogP contribution in [0.4, 0.5) is 5.69 Å². The lowest BCUT2D eigenvalue weighted by atomic mass is 10.2. The predicted molar refractivity (Wildman–Crippen MR) is 94.1 cm³/mol. The molecule has 0 unspecified atom stereocenters. The van der Waals surface area contributed by atoms with Gasteiger partial charge in [-0.2, -0.15) is 0 Å². The van der Waals surface area contributed by atoms with Gasteiger partial charge >= 0.3 is 5.97 Å². The zero-order chi connectivity index (χ0) is 17.9. The average Bonchev–Trinajstić information content (AvgIpc) is 2.98. The molecule has 8 heteroatoms. The van der Waals surface area contributed by atoms with Gasteiger partial charge in [0.25, 0.3) is 0 Å². The number of carbonyl (C=O) groups is 2. The van der Waals surface area contributed by atoms with E-state index in [4.69, 9.17) is 27.9 Å². The van der Waals surface area contributed by atoms with Crippen molar-refractivity contribution in [3.8, 4) is 0 Å². The molecule has 0 aliphatic carbocycles. The first-order valence-electron chi connectivity index (χ1n) is 7.65. The molecule has 0 bridgehead atoms. The molecule has 24 heavy (non-hydrogen) atoms. The van der Waals surface area contributed by atoms with Gasteiger partial charge in [-0.3, -0.25) is 9.69 Å². The molecule has 0 radical (unpaired) electrons. The van der Waals surface area contributed by atoms with E-state index in [9.17, 15) is 9.59 Å². The van der Waals surface area contributed by atoms with E-state index in [2.05, 4.69) is 10.3 Å². The van der Waals surface area contributed by atoms with Gasteiger partial charge < -0.3 is 10.1 Å². The van der Waals surface area contributed by atoms with Crippen molar-refractivity contribution in [2.24, 2.45) is 10.9 Å². The summed E-state index contributed by atoms with van der Waals surface area (Å²) < 4.78 is 4.93. The number of halogens is 2. The maximum Gasteiger partial charge on any atom is 0.338 e.